The van der Waals surface area contributed by atoms with Gasteiger partial charge in [0.15, 0.2) is 0 Å². The van der Waals surface area contributed by atoms with Crippen LogP contribution in [0.1, 0.15) is 24.9 Å². The second-order valence-corrected chi connectivity index (χ2v) is 4.68. The fraction of sp³-hybridized carbons (Fsp3) is 0.538. The second-order valence-electron chi connectivity index (χ2n) is 4.68. The van der Waals surface area contributed by atoms with Crippen LogP contribution < -0.4 is 5.32 Å². The highest BCUT2D eigenvalue weighted by Crippen LogP contribution is 2.19. The van der Waals surface area contributed by atoms with E-state index in [4.69, 9.17) is 4.74 Å². The summed E-state index contributed by atoms with van der Waals surface area (Å²) in [5, 5.41) is 13.3. The van der Waals surface area contributed by atoms with E-state index in [1.165, 1.54) is 12.1 Å². The van der Waals surface area contributed by atoms with Crippen molar-refractivity contribution in [3.8, 4) is 0 Å². The zero-order valence-corrected chi connectivity index (χ0v) is 9.95. The lowest BCUT2D eigenvalue weighted by Gasteiger charge is -2.24. The molecule has 1 saturated heterocycles. The first-order chi connectivity index (χ1) is 8.09. The maximum Gasteiger partial charge on any atom is 0.123 e. The van der Waals surface area contributed by atoms with Gasteiger partial charge in [-0.1, -0.05) is 12.1 Å². The summed E-state index contributed by atoms with van der Waals surface area (Å²) < 4.78 is 18.2. The van der Waals surface area contributed by atoms with Crippen LogP contribution in [-0.2, 0) is 4.74 Å². The van der Waals surface area contributed by atoms with Crippen LogP contribution in [0.4, 0.5) is 4.39 Å². The number of benzene rings is 1. The Balaban J connectivity index is 1.91. The van der Waals surface area contributed by atoms with Crippen LogP contribution in [-0.4, -0.2) is 30.5 Å². The van der Waals surface area contributed by atoms with Crippen molar-refractivity contribution in [2.75, 3.05) is 19.8 Å². The van der Waals surface area contributed by atoms with Crippen LogP contribution in [0.5, 0.6) is 0 Å². The van der Waals surface area contributed by atoms with Crippen molar-refractivity contribution in [2.24, 2.45) is 0 Å². The van der Waals surface area contributed by atoms with E-state index in [-0.39, 0.29) is 11.9 Å². The number of hydrogen-bond donors (Lipinski definition) is 2. The lowest BCUT2D eigenvalue weighted by atomic mass is 10.0. The molecule has 0 radical (unpaired) electrons. The van der Waals surface area contributed by atoms with E-state index >= 15 is 0 Å². The summed E-state index contributed by atoms with van der Waals surface area (Å²) in [6, 6.07) is 6.50. The Bertz CT molecular complexity index is 377. The molecule has 1 heterocycles. The number of nitrogens with one attached hydrogen (secondary N) is 1. The predicted molar refractivity (Wildman–Crippen MR) is 63.2 cm³/mol. The topological polar surface area (TPSA) is 41.5 Å². The summed E-state index contributed by atoms with van der Waals surface area (Å²) in [5.41, 5.74) is 0.106. The van der Waals surface area contributed by atoms with E-state index in [1.807, 2.05) is 13.0 Å². The van der Waals surface area contributed by atoms with Crippen LogP contribution in [0.25, 0.3) is 0 Å². The smallest absolute Gasteiger partial charge is 0.123 e. The highest BCUT2D eigenvalue weighted by atomic mass is 19.1. The van der Waals surface area contributed by atoms with Gasteiger partial charge in [-0.25, -0.2) is 4.39 Å². The monoisotopic (exact) mass is 239 g/mol. The first-order valence-corrected chi connectivity index (χ1v) is 5.88. The van der Waals surface area contributed by atoms with Crippen LogP contribution in [0.3, 0.4) is 0 Å². The molecule has 1 aromatic carbocycles. The van der Waals surface area contributed by atoms with Crippen molar-refractivity contribution in [3.05, 3.63) is 35.6 Å². The quantitative estimate of drug-likeness (QED) is 0.839. The summed E-state index contributed by atoms with van der Waals surface area (Å²) in [6.07, 6.45) is 0.649. The highest BCUT2D eigenvalue weighted by molar-refractivity contribution is 5.19. The van der Waals surface area contributed by atoms with Crippen molar-refractivity contribution in [1.29, 1.82) is 0 Å². The van der Waals surface area contributed by atoms with Gasteiger partial charge in [-0.15, -0.1) is 0 Å². The molecule has 1 aliphatic rings. The second kappa shape index (κ2) is 5.12. The number of aliphatic hydroxyl groups is 1. The lowest BCUT2D eigenvalue weighted by molar-refractivity contribution is 0.0252. The third-order valence-electron chi connectivity index (χ3n) is 3.17. The molecule has 1 aliphatic heterocycles. The third-order valence-corrected chi connectivity index (χ3v) is 3.17. The molecule has 17 heavy (non-hydrogen) atoms. The average molecular weight is 239 g/mol. The highest BCUT2D eigenvalue weighted by Gasteiger charge is 2.32. The zero-order chi connectivity index (χ0) is 12.3. The minimum absolute atomic E-state index is 0.00956. The molecule has 94 valence electrons. The van der Waals surface area contributed by atoms with Gasteiger partial charge in [-0.05, 0) is 24.6 Å². The fourth-order valence-corrected chi connectivity index (χ4v) is 1.97. The van der Waals surface area contributed by atoms with Gasteiger partial charge in [0.2, 0.25) is 0 Å². The zero-order valence-electron chi connectivity index (χ0n) is 9.95. The van der Waals surface area contributed by atoms with Gasteiger partial charge in [-0.3, -0.25) is 0 Å². The molecule has 1 aromatic rings. The van der Waals surface area contributed by atoms with E-state index in [1.54, 1.807) is 6.07 Å². The number of ether oxygens (including phenoxy) is 1. The summed E-state index contributed by atoms with van der Waals surface area (Å²) in [6.45, 7) is 3.39. The Morgan fingerprint density at radius 2 is 2.41 bits per heavy atom. The summed E-state index contributed by atoms with van der Waals surface area (Å²) in [4.78, 5) is 0. The van der Waals surface area contributed by atoms with E-state index in [0.29, 0.717) is 26.2 Å². The van der Waals surface area contributed by atoms with Crippen LogP contribution in [0, 0.1) is 5.82 Å². The molecule has 1 fully saturated rings. The first kappa shape index (κ1) is 12.5. The van der Waals surface area contributed by atoms with E-state index < -0.39 is 5.60 Å². The molecular formula is C13H18FNO2. The molecule has 2 unspecified atom stereocenters. The number of rotatable bonds is 4. The van der Waals surface area contributed by atoms with Crippen molar-refractivity contribution < 1.29 is 14.2 Å². The van der Waals surface area contributed by atoms with E-state index in [2.05, 4.69) is 5.32 Å². The molecule has 2 atom stereocenters. The van der Waals surface area contributed by atoms with Crippen molar-refractivity contribution in [1.82, 2.24) is 5.32 Å². The minimum atomic E-state index is -0.776. The van der Waals surface area contributed by atoms with Gasteiger partial charge in [0, 0.05) is 25.6 Å². The van der Waals surface area contributed by atoms with Gasteiger partial charge in [0.1, 0.15) is 11.4 Å². The number of halogens is 1. The van der Waals surface area contributed by atoms with Gasteiger partial charge >= 0.3 is 0 Å². The first-order valence-electron chi connectivity index (χ1n) is 5.88. The van der Waals surface area contributed by atoms with Crippen molar-refractivity contribution in [3.63, 3.8) is 0 Å². The Kier molecular flexibility index (Phi) is 3.76. The molecule has 3 nitrogen and oxygen atoms in total. The normalized spacial score (nSPS) is 26.1. The Labute approximate surface area is 101 Å². The van der Waals surface area contributed by atoms with Gasteiger partial charge < -0.3 is 15.2 Å². The maximum atomic E-state index is 13.0. The third kappa shape index (κ3) is 3.25. The Morgan fingerprint density at radius 1 is 1.59 bits per heavy atom. The van der Waals surface area contributed by atoms with E-state index in [9.17, 15) is 9.50 Å². The summed E-state index contributed by atoms with van der Waals surface area (Å²) >= 11 is 0. The van der Waals surface area contributed by atoms with Crippen LogP contribution >= 0.6 is 0 Å². The van der Waals surface area contributed by atoms with Crippen LogP contribution in [0.2, 0.25) is 0 Å². The Hall–Kier alpha value is -0.970. The standard InChI is InChI=1S/C13H18FNO2/c1-10(11-3-2-4-12(14)7-11)15-8-13(16)5-6-17-9-13/h2-4,7,10,15-16H,5-6,8-9H2,1H3. The summed E-state index contributed by atoms with van der Waals surface area (Å²) in [7, 11) is 0. The van der Waals surface area contributed by atoms with Gasteiger partial charge in [0.05, 0.1) is 6.61 Å². The molecule has 0 amide bonds. The lowest BCUT2D eigenvalue weighted by Crippen LogP contribution is -2.41. The average Bonchev–Trinajstić information content (AvgIpc) is 2.74. The van der Waals surface area contributed by atoms with Crippen molar-refractivity contribution >= 4 is 0 Å². The molecule has 0 aromatic heterocycles. The largest absolute Gasteiger partial charge is 0.386 e. The molecule has 4 heteroatoms. The number of hydrogen-bond acceptors (Lipinski definition) is 3. The van der Waals surface area contributed by atoms with Gasteiger partial charge in [0.25, 0.3) is 0 Å². The van der Waals surface area contributed by atoms with E-state index in [0.717, 1.165) is 5.56 Å². The molecule has 2 rings (SSSR count). The SMILES string of the molecule is CC(NCC1(O)CCOC1)c1cccc(F)c1. The molecule has 2 N–H and O–H groups in total. The molecule has 0 saturated carbocycles. The molecule has 0 spiro atoms. The summed E-state index contributed by atoms with van der Waals surface area (Å²) in [5.74, 6) is -0.237. The fourth-order valence-electron chi connectivity index (χ4n) is 1.97. The van der Waals surface area contributed by atoms with Gasteiger partial charge in [-0.2, -0.15) is 0 Å². The Morgan fingerprint density at radius 3 is 3.06 bits per heavy atom. The molecular weight excluding hydrogens is 221 g/mol. The van der Waals surface area contributed by atoms with Crippen LogP contribution in [0.15, 0.2) is 24.3 Å². The molecule has 0 bridgehead atoms. The minimum Gasteiger partial charge on any atom is -0.386 e. The molecule has 0 aliphatic carbocycles. The maximum absolute atomic E-state index is 13.0. The predicted octanol–water partition coefficient (Wildman–Crippen LogP) is 1.63. The van der Waals surface area contributed by atoms with Crippen molar-refractivity contribution in [2.45, 2.75) is 25.0 Å².